The first-order chi connectivity index (χ1) is 16.4. The Bertz CT molecular complexity index is 1240. The molecule has 4 rings (SSSR count). The van der Waals surface area contributed by atoms with Crippen LogP contribution in [-0.2, 0) is 26.0 Å². The zero-order chi connectivity index (χ0) is 24.0. The van der Waals surface area contributed by atoms with Crippen LogP contribution in [-0.4, -0.2) is 55.7 Å². The van der Waals surface area contributed by atoms with Crippen LogP contribution in [0.3, 0.4) is 0 Å². The van der Waals surface area contributed by atoms with Gasteiger partial charge < -0.3 is 15.6 Å². The fourth-order valence-electron chi connectivity index (χ4n) is 4.32. The van der Waals surface area contributed by atoms with Crippen LogP contribution in [0.2, 0.25) is 0 Å². The summed E-state index contributed by atoms with van der Waals surface area (Å²) < 4.78 is 27.1. The lowest BCUT2D eigenvalue weighted by atomic mass is 9.99. The van der Waals surface area contributed by atoms with E-state index in [1.165, 1.54) is 4.31 Å². The molecule has 9 heteroatoms. The number of aromatic nitrogens is 1. The number of sulfonamides is 1. The number of fused-ring (bicyclic) bond motifs is 1. The van der Waals surface area contributed by atoms with Gasteiger partial charge in [-0.05, 0) is 43.0 Å². The number of rotatable bonds is 9. The number of aromatic amines is 1. The highest BCUT2D eigenvalue weighted by Gasteiger charge is 2.33. The Morgan fingerprint density at radius 2 is 1.76 bits per heavy atom. The van der Waals surface area contributed by atoms with E-state index in [1.54, 1.807) is 30.3 Å². The molecule has 1 atom stereocenters. The molecule has 1 fully saturated rings. The smallest absolute Gasteiger partial charge is 0.243 e. The van der Waals surface area contributed by atoms with Crippen molar-refractivity contribution in [3.05, 3.63) is 66.4 Å². The number of benzene rings is 2. The second-order valence-electron chi connectivity index (χ2n) is 8.52. The summed E-state index contributed by atoms with van der Waals surface area (Å²) in [5.41, 5.74) is 2.22. The summed E-state index contributed by atoms with van der Waals surface area (Å²) in [6, 6.07) is 16.3. The van der Waals surface area contributed by atoms with Crippen LogP contribution in [0, 0.1) is 5.92 Å². The second-order valence-corrected chi connectivity index (χ2v) is 10.5. The first-order valence-corrected chi connectivity index (χ1v) is 13.0. The minimum Gasteiger partial charge on any atom is -0.361 e. The Morgan fingerprint density at radius 3 is 2.59 bits per heavy atom. The molecule has 180 valence electrons. The molecule has 1 aliphatic rings. The van der Waals surface area contributed by atoms with Gasteiger partial charge in [0.1, 0.15) is 0 Å². The van der Waals surface area contributed by atoms with Crippen LogP contribution < -0.4 is 10.6 Å². The summed E-state index contributed by atoms with van der Waals surface area (Å²) in [5.74, 6) is -0.756. The molecule has 0 saturated carbocycles. The van der Waals surface area contributed by atoms with Gasteiger partial charge in [-0.2, -0.15) is 4.31 Å². The van der Waals surface area contributed by atoms with E-state index in [0.717, 1.165) is 22.9 Å². The lowest BCUT2D eigenvalue weighted by Crippen LogP contribution is -2.45. The molecule has 2 heterocycles. The number of nitrogens with zero attached hydrogens (tertiary/aromatic N) is 1. The van der Waals surface area contributed by atoms with Gasteiger partial charge in [-0.1, -0.05) is 36.4 Å². The molecule has 3 N–H and O–H groups in total. The summed E-state index contributed by atoms with van der Waals surface area (Å²) in [6.07, 6.45) is 4.11. The summed E-state index contributed by atoms with van der Waals surface area (Å²) in [4.78, 5) is 28.3. The molecule has 2 amide bonds. The van der Waals surface area contributed by atoms with Crippen LogP contribution >= 0.6 is 0 Å². The highest BCUT2D eigenvalue weighted by atomic mass is 32.2. The number of nitrogens with one attached hydrogen (secondary N) is 3. The molecule has 8 nitrogen and oxygen atoms in total. The third-order valence-electron chi connectivity index (χ3n) is 6.18. The van der Waals surface area contributed by atoms with Crippen LogP contribution in [0.4, 0.5) is 0 Å². The minimum atomic E-state index is -3.62. The van der Waals surface area contributed by atoms with Crippen molar-refractivity contribution in [3.8, 4) is 0 Å². The summed E-state index contributed by atoms with van der Waals surface area (Å²) >= 11 is 0. The highest BCUT2D eigenvalue weighted by molar-refractivity contribution is 7.89. The van der Waals surface area contributed by atoms with Crippen molar-refractivity contribution in [2.45, 2.75) is 30.6 Å². The molecule has 2 aromatic carbocycles. The van der Waals surface area contributed by atoms with Crippen LogP contribution in [0.5, 0.6) is 0 Å². The van der Waals surface area contributed by atoms with Gasteiger partial charge in [0, 0.05) is 49.7 Å². The number of carbonyl (C=O) groups excluding carboxylic acids is 2. The lowest BCUT2D eigenvalue weighted by Gasteiger charge is -2.31. The van der Waals surface area contributed by atoms with Gasteiger partial charge in [0.2, 0.25) is 21.8 Å². The largest absolute Gasteiger partial charge is 0.361 e. The van der Waals surface area contributed by atoms with Gasteiger partial charge >= 0.3 is 0 Å². The van der Waals surface area contributed by atoms with Crippen molar-refractivity contribution < 1.29 is 18.0 Å². The Labute approximate surface area is 199 Å². The standard InChI is InChI=1S/C25H30N4O4S/c30-24(26-14-12-19-17-28-23-11-5-4-10-22(19)23)13-15-27-25(31)20-7-6-16-29(18-20)34(32,33)21-8-2-1-3-9-21/h1-5,8-11,17,20,28H,6-7,12-16,18H2,(H,26,30)(H,27,31)/t20-/m0/s1. The molecular weight excluding hydrogens is 452 g/mol. The number of piperidine rings is 1. The first kappa shape index (κ1) is 24.0. The van der Waals surface area contributed by atoms with Gasteiger partial charge in [-0.15, -0.1) is 0 Å². The van der Waals surface area contributed by atoms with Crippen molar-refractivity contribution in [1.29, 1.82) is 0 Å². The number of carbonyl (C=O) groups is 2. The SMILES string of the molecule is O=C(CCNC(=O)[C@H]1CCCN(S(=O)(=O)c2ccccc2)C1)NCCc1c[nH]c2ccccc12. The van der Waals surface area contributed by atoms with Crippen molar-refractivity contribution in [1.82, 2.24) is 19.9 Å². The number of amides is 2. The molecular formula is C25H30N4O4S. The molecule has 1 aromatic heterocycles. The van der Waals surface area contributed by atoms with Crippen molar-refractivity contribution >= 4 is 32.7 Å². The molecule has 0 unspecified atom stereocenters. The molecule has 34 heavy (non-hydrogen) atoms. The maximum atomic E-state index is 12.9. The minimum absolute atomic E-state index is 0.128. The van der Waals surface area contributed by atoms with E-state index in [4.69, 9.17) is 0 Å². The summed E-state index contributed by atoms with van der Waals surface area (Å²) in [5, 5.41) is 6.84. The zero-order valence-corrected chi connectivity index (χ0v) is 19.8. The zero-order valence-electron chi connectivity index (χ0n) is 19.0. The normalized spacial score (nSPS) is 16.9. The average molecular weight is 483 g/mol. The molecule has 0 aliphatic carbocycles. The van der Waals surface area contributed by atoms with Gasteiger partial charge in [0.15, 0.2) is 0 Å². The van der Waals surface area contributed by atoms with E-state index < -0.39 is 15.9 Å². The van der Waals surface area contributed by atoms with E-state index in [9.17, 15) is 18.0 Å². The quantitative estimate of drug-likeness (QED) is 0.435. The van der Waals surface area contributed by atoms with Crippen molar-refractivity contribution in [2.24, 2.45) is 5.92 Å². The Hall–Kier alpha value is -3.17. The van der Waals surface area contributed by atoms with Crippen molar-refractivity contribution in [3.63, 3.8) is 0 Å². The van der Waals surface area contributed by atoms with E-state index >= 15 is 0 Å². The van der Waals surface area contributed by atoms with E-state index in [0.29, 0.717) is 25.9 Å². The lowest BCUT2D eigenvalue weighted by molar-refractivity contribution is -0.126. The Balaban J connectivity index is 1.19. The first-order valence-electron chi connectivity index (χ1n) is 11.6. The average Bonchev–Trinajstić information content (AvgIpc) is 3.28. The molecule has 0 radical (unpaired) electrons. The molecule has 0 spiro atoms. The third kappa shape index (κ3) is 5.66. The van der Waals surface area contributed by atoms with Crippen LogP contribution in [0.1, 0.15) is 24.8 Å². The topological polar surface area (TPSA) is 111 Å². The maximum absolute atomic E-state index is 12.9. The maximum Gasteiger partial charge on any atom is 0.243 e. The monoisotopic (exact) mass is 482 g/mol. The number of hydrogen-bond donors (Lipinski definition) is 3. The van der Waals surface area contributed by atoms with Crippen molar-refractivity contribution in [2.75, 3.05) is 26.2 Å². The van der Waals surface area contributed by atoms with Gasteiger partial charge in [0.05, 0.1) is 10.8 Å². The second kappa shape index (κ2) is 10.8. The summed E-state index contributed by atoms with van der Waals surface area (Å²) in [7, 11) is -3.62. The van der Waals surface area contributed by atoms with E-state index in [1.807, 2.05) is 24.4 Å². The molecule has 1 aliphatic heterocycles. The Kier molecular flexibility index (Phi) is 7.64. The van der Waals surface area contributed by atoms with E-state index in [-0.39, 0.29) is 36.2 Å². The van der Waals surface area contributed by atoms with Gasteiger partial charge in [-0.3, -0.25) is 9.59 Å². The Morgan fingerprint density at radius 1 is 1.00 bits per heavy atom. The predicted molar refractivity (Wildman–Crippen MR) is 131 cm³/mol. The summed E-state index contributed by atoms with van der Waals surface area (Å²) in [6.45, 7) is 1.29. The molecule has 3 aromatic rings. The molecule has 0 bridgehead atoms. The third-order valence-corrected chi connectivity index (χ3v) is 8.06. The number of H-pyrrole nitrogens is 1. The number of para-hydroxylation sites is 1. The van der Waals surface area contributed by atoms with Gasteiger partial charge in [0.25, 0.3) is 0 Å². The number of hydrogen-bond acceptors (Lipinski definition) is 4. The highest BCUT2D eigenvalue weighted by Crippen LogP contribution is 2.24. The predicted octanol–water partition coefficient (Wildman–Crippen LogP) is 2.43. The fraction of sp³-hybridized carbons (Fsp3) is 0.360. The molecule has 1 saturated heterocycles. The van der Waals surface area contributed by atoms with Gasteiger partial charge in [-0.25, -0.2) is 8.42 Å². The van der Waals surface area contributed by atoms with E-state index in [2.05, 4.69) is 21.7 Å². The van der Waals surface area contributed by atoms with Crippen LogP contribution in [0.25, 0.3) is 10.9 Å². The fourth-order valence-corrected chi connectivity index (χ4v) is 5.87. The van der Waals surface area contributed by atoms with Crippen LogP contribution in [0.15, 0.2) is 65.7 Å².